The van der Waals surface area contributed by atoms with Crippen molar-refractivity contribution in [2.75, 3.05) is 7.11 Å². The van der Waals surface area contributed by atoms with Gasteiger partial charge in [-0.1, -0.05) is 29.8 Å². The molecule has 3 aromatic heterocycles. The molecule has 130 valence electrons. The Bertz CT molecular complexity index is 1100. The van der Waals surface area contributed by atoms with E-state index in [-0.39, 0.29) is 17.4 Å². The molecule has 0 spiro atoms. The number of halogens is 2. The molecule has 0 atom stereocenters. The minimum absolute atomic E-state index is 0.175. The van der Waals surface area contributed by atoms with Crippen LogP contribution in [0.1, 0.15) is 11.3 Å². The molecule has 7 nitrogen and oxygen atoms in total. The van der Waals surface area contributed by atoms with Gasteiger partial charge in [0.2, 0.25) is 0 Å². The van der Waals surface area contributed by atoms with Crippen molar-refractivity contribution < 1.29 is 9.13 Å². The third kappa shape index (κ3) is 2.95. The van der Waals surface area contributed by atoms with Crippen molar-refractivity contribution in [1.29, 1.82) is 0 Å². The first-order valence-corrected chi connectivity index (χ1v) is 8.03. The van der Waals surface area contributed by atoms with E-state index in [1.165, 1.54) is 25.7 Å². The molecule has 9 heteroatoms. The Labute approximate surface area is 152 Å². The van der Waals surface area contributed by atoms with E-state index in [2.05, 4.69) is 25.0 Å². The number of fused-ring (bicyclic) bond motifs is 1. The summed E-state index contributed by atoms with van der Waals surface area (Å²) in [5, 5.41) is 4.32. The number of nitrogens with zero attached hydrogens (tertiary/aromatic N) is 6. The monoisotopic (exact) mass is 370 g/mol. The highest BCUT2D eigenvalue weighted by molar-refractivity contribution is 6.30. The van der Waals surface area contributed by atoms with Crippen LogP contribution in [0, 0.1) is 5.82 Å². The van der Waals surface area contributed by atoms with E-state index in [9.17, 15) is 4.39 Å². The topological polar surface area (TPSA) is 78.1 Å². The molecule has 1 aromatic carbocycles. The number of ether oxygens (including phenoxy) is 1. The van der Waals surface area contributed by atoms with Crippen molar-refractivity contribution in [3.63, 3.8) is 0 Å². The van der Waals surface area contributed by atoms with Crippen LogP contribution in [-0.4, -0.2) is 36.7 Å². The Morgan fingerprint density at radius 1 is 1.19 bits per heavy atom. The second kappa shape index (κ2) is 6.64. The number of rotatable bonds is 4. The summed E-state index contributed by atoms with van der Waals surface area (Å²) in [7, 11) is 1.48. The van der Waals surface area contributed by atoms with Crippen LogP contribution in [-0.2, 0) is 6.42 Å². The molecule has 0 fully saturated rings. The lowest BCUT2D eigenvalue weighted by molar-refractivity contribution is 0.411. The molecule has 0 saturated heterocycles. The molecule has 0 radical (unpaired) electrons. The Kier molecular flexibility index (Phi) is 4.18. The summed E-state index contributed by atoms with van der Waals surface area (Å²) in [4.78, 5) is 17.2. The van der Waals surface area contributed by atoms with Crippen molar-refractivity contribution in [3.05, 3.63) is 65.2 Å². The van der Waals surface area contributed by atoms with Crippen LogP contribution in [0.5, 0.6) is 5.75 Å². The molecule has 0 amide bonds. The highest BCUT2D eigenvalue weighted by Gasteiger charge is 2.15. The summed E-state index contributed by atoms with van der Waals surface area (Å²) in [5.74, 6) is 0.368. The van der Waals surface area contributed by atoms with E-state index >= 15 is 0 Å². The van der Waals surface area contributed by atoms with Gasteiger partial charge in [-0.15, -0.1) is 0 Å². The zero-order valence-electron chi connectivity index (χ0n) is 13.6. The summed E-state index contributed by atoms with van der Waals surface area (Å²) in [6.45, 7) is 0. The number of methoxy groups -OCH3 is 1. The molecule has 0 aliphatic carbocycles. The normalized spacial score (nSPS) is 11.0. The molecule has 0 N–H and O–H groups in total. The summed E-state index contributed by atoms with van der Waals surface area (Å²) in [5.41, 5.74) is 2.05. The van der Waals surface area contributed by atoms with Gasteiger partial charge in [0.15, 0.2) is 22.4 Å². The molecule has 3 heterocycles. The van der Waals surface area contributed by atoms with Gasteiger partial charge in [-0.2, -0.15) is 5.10 Å². The summed E-state index contributed by atoms with van der Waals surface area (Å²) >= 11 is 6.08. The second-order valence-electron chi connectivity index (χ2n) is 5.42. The molecule has 4 rings (SSSR count). The highest BCUT2D eigenvalue weighted by atomic mass is 35.5. The van der Waals surface area contributed by atoms with Crippen LogP contribution >= 0.6 is 11.6 Å². The minimum atomic E-state index is -0.305. The molecule has 0 saturated carbocycles. The number of hydrogen-bond acceptors (Lipinski definition) is 6. The molecule has 4 aromatic rings. The van der Waals surface area contributed by atoms with Crippen molar-refractivity contribution in [3.8, 4) is 17.3 Å². The van der Waals surface area contributed by atoms with Crippen molar-refractivity contribution in [2.24, 2.45) is 0 Å². The molecular formula is C17H12ClFN6O. The first-order valence-electron chi connectivity index (χ1n) is 7.65. The van der Waals surface area contributed by atoms with Gasteiger partial charge in [-0.3, -0.25) is 0 Å². The SMILES string of the molecule is COc1cnc(-c2cn3ncnc3c(Cc3ccccc3F)n2)nc1Cl. The van der Waals surface area contributed by atoms with E-state index in [0.717, 1.165) is 0 Å². The molecule has 26 heavy (non-hydrogen) atoms. The third-order valence-electron chi connectivity index (χ3n) is 3.81. The van der Waals surface area contributed by atoms with E-state index < -0.39 is 0 Å². The van der Waals surface area contributed by atoms with Crippen LogP contribution in [0.15, 0.2) is 43.0 Å². The van der Waals surface area contributed by atoms with E-state index in [0.29, 0.717) is 34.2 Å². The minimum Gasteiger partial charge on any atom is -0.492 e. The fourth-order valence-corrected chi connectivity index (χ4v) is 2.76. The van der Waals surface area contributed by atoms with Gasteiger partial charge in [-0.25, -0.2) is 28.8 Å². The van der Waals surface area contributed by atoms with Crippen LogP contribution < -0.4 is 4.74 Å². The summed E-state index contributed by atoms with van der Waals surface area (Å²) < 4.78 is 20.7. The van der Waals surface area contributed by atoms with Gasteiger partial charge in [0.25, 0.3) is 0 Å². The van der Waals surface area contributed by atoms with Crippen LogP contribution in [0.25, 0.3) is 17.2 Å². The lowest BCUT2D eigenvalue weighted by atomic mass is 10.1. The fourth-order valence-electron chi connectivity index (χ4n) is 2.55. The predicted molar refractivity (Wildman–Crippen MR) is 92.6 cm³/mol. The Morgan fingerprint density at radius 2 is 2.04 bits per heavy atom. The standard InChI is InChI=1S/C17H12ClFN6O/c1-26-14-7-20-16(24-15(14)18)13-8-25-17(21-9-22-25)12(23-13)6-10-4-2-3-5-11(10)19/h2-5,7-9H,6H2,1H3. The van der Waals surface area contributed by atoms with E-state index in [1.54, 1.807) is 28.9 Å². The smallest absolute Gasteiger partial charge is 0.181 e. The number of hydrogen-bond donors (Lipinski definition) is 0. The molecular weight excluding hydrogens is 359 g/mol. The van der Waals surface area contributed by atoms with Gasteiger partial charge >= 0.3 is 0 Å². The Hall–Kier alpha value is -3.13. The fraction of sp³-hybridized carbons (Fsp3) is 0.118. The van der Waals surface area contributed by atoms with Crippen molar-refractivity contribution in [1.82, 2.24) is 29.5 Å². The molecule has 0 unspecified atom stereocenters. The van der Waals surface area contributed by atoms with Gasteiger partial charge in [0, 0.05) is 6.42 Å². The maximum absolute atomic E-state index is 14.0. The van der Waals surface area contributed by atoms with E-state index in [1.807, 2.05) is 0 Å². The largest absolute Gasteiger partial charge is 0.492 e. The van der Waals surface area contributed by atoms with Crippen molar-refractivity contribution >= 4 is 17.2 Å². The predicted octanol–water partition coefficient (Wildman–Crippen LogP) is 2.97. The zero-order chi connectivity index (χ0) is 18.1. The Balaban J connectivity index is 1.82. The van der Waals surface area contributed by atoms with Crippen molar-refractivity contribution in [2.45, 2.75) is 6.42 Å². The third-order valence-corrected chi connectivity index (χ3v) is 4.08. The number of aromatic nitrogens is 6. The van der Waals surface area contributed by atoms with E-state index in [4.69, 9.17) is 16.3 Å². The highest BCUT2D eigenvalue weighted by Crippen LogP contribution is 2.24. The van der Waals surface area contributed by atoms with Gasteiger partial charge in [-0.05, 0) is 11.6 Å². The second-order valence-corrected chi connectivity index (χ2v) is 5.78. The maximum Gasteiger partial charge on any atom is 0.181 e. The van der Waals surface area contributed by atoms with Crippen LogP contribution in [0.4, 0.5) is 4.39 Å². The van der Waals surface area contributed by atoms with Gasteiger partial charge < -0.3 is 4.74 Å². The Morgan fingerprint density at radius 3 is 2.81 bits per heavy atom. The quantitative estimate of drug-likeness (QED) is 0.514. The maximum atomic E-state index is 14.0. The average molecular weight is 371 g/mol. The molecule has 0 aliphatic heterocycles. The first-order chi connectivity index (χ1) is 12.7. The molecule has 0 aliphatic rings. The zero-order valence-corrected chi connectivity index (χ0v) is 14.4. The van der Waals surface area contributed by atoms with Gasteiger partial charge in [0.05, 0.1) is 25.2 Å². The lowest BCUT2D eigenvalue weighted by Gasteiger charge is -2.08. The molecule has 0 bridgehead atoms. The lowest BCUT2D eigenvalue weighted by Crippen LogP contribution is -2.04. The van der Waals surface area contributed by atoms with Crippen LogP contribution in [0.2, 0.25) is 5.15 Å². The van der Waals surface area contributed by atoms with Gasteiger partial charge in [0.1, 0.15) is 17.8 Å². The number of benzene rings is 1. The average Bonchev–Trinajstić information content (AvgIpc) is 3.12. The summed E-state index contributed by atoms with van der Waals surface area (Å²) in [6, 6.07) is 6.53. The summed E-state index contributed by atoms with van der Waals surface area (Å²) in [6.07, 6.45) is 4.78. The van der Waals surface area contributed by atoms with Crippen LogP contribution in [0.3, 0.4) is 0 Å². The first kappa shape index (κ1) is 16.3.